The van der Waals surface area contributed by atoms with E-state index in [1.807, 2.05) is 18.2 Å². The number of carbonyl (C=O) groups excluding carboxylic acids is 1. The fourth-order valence-electron chi connectivity index (χ4n) is 2.67. The van der Waals surface area contributed by atoms with Crippen LogP contribution in [0.3, 0.4) is 0 Å². The van der Waals surface area contributed by atoms with Crippen LogP contribution in [0.2, 0.25) is 0 Å². The molecule has 0 bridgehead atoms. The third kappa shape index (κ3) is 6.18. The average Bonchev–Trinajstić information content (AvgIpc) is 2.67. The number of nitrogens with zero attached hydrogens (tertiary/aromatic N) is 2. The van der Waals surface area contributed by atoms with E-state index in [0.717, 1.165) is 19.4 Å². The summed E-state index contributed by atoms with van der Waals surface area (Å²) in [4.78, 5) is 12.0. The number of aromatic nitrogens is 2. The van der Waals surface area contributed by atoms with E-state index in [-0.39, 0.29) is 18.1 Å². The van der Waals surface area contributed by atoms with Gasteiger partial charge in [-0.05, 0) is 48.2 Å². The van der Waals surface area contributed by atoms with Crippen molar-refractivity contribution < 1.29 is 9.18 Å². The molecule has 0 atom stereocenters. The van der Waals surface area contributed by atoms with Crippen molar-refractivity contribution in [1.29, 1.82) is 0 Å². The van der Waals surface area contributed by atoms with Crippen LogP contribution in [-0.2, 0) is 17.6 Å². The summed E-state index contributed by atoms with van der Waals surface area (Å²) in [5.41, 5.74) is 1.92. The molecule has 0 saturated carbocycles. The number of hydrogen-bond acceptors (Lipinski definition) is 4. The Morgan fingerprint density at radius 3 is 2.37 bits per heavy atom. The summed E-state index contributed by atoms with van der Waals surface area (Å²) >= 11 is 0. The van der Waals surface area contributed by atoms with Crippen molar-refractivity contribution in [2.24, 2.45) is 0 Å². The molecular weight excluding hydrogens is 343 g/mol. The predicted octanol–water partition coefficient (Wildman–Crippen LogP) is 3.84. The van der Waals surface area contributed by atoms with Gasteiger partial charge < -0.3 is 10.6 Å². The zero-order valence-electron chi connectivity index (χ0n) is 14.9. The van der Waals surface area contributed by atoms with Gasteiger partial charge in [0.2, 0.25) is 5.91 Å². The Kier molecular flexibility index (Phi) is 6.46. The fourth-order valence-corrected chi connectivity index (χ4v) is 2.67. The van der Waals surface area contributed by atoms with E-state index in [0.29, 0.717) is 17.2 Å². The maximum absolute atomic E-state index is 13.2. The van der Waals surface area contributed by atoms with Gasteiger partial charge in [-0.3, -0.25) is 4.79 Å². The Hall–Kier alpha value is -3.28. The summed E-state index contributed by atoms with van der Waals surface area (Å²) in [7, 11) is 0. The Balaban J connectivity index is 1.42. The summed E-state index contributed by atoms with van der Waals surface area (Å²) in [6, 6.07) is 19.7. The molecular formula is C21H21FN4O. The van der Waals surface area contributed by atoms with Crippen LogP contribution in [0.25, 0.3) is 0 Å². The SMILES string of the molecule is O=C(Cc1cccc(F)c1)Nc1ccc(NCCCc2ccccc2)nn1. The first-order chi connectivity index (χ1) is 13.2. The van der Waals surface area contributed by atoms with Crippen LogP contribution in [-0.4, -0.2) is 22.6 Å². The lowest BCUT2D eigenvalue weighted by atomic mass is 10.1. The van der Waals surface area contributed by atoms with Crippen molar-refractivity contribution in [3.05, 3.63) is 83.7 Å². The largest absolute Gasteiger partial charge is 0.369 e. The highest BCUT2D eigenvalue weighted by Crippen LogP contribution is 2.09. The topological polar surface area (TPSA) is 66.9 Å². The van der Waals surface area contributed by atoms with Gasteiger partial charge in [0.25, 0.3) is 0 Å². The lowest BCUT2D eigenvalue weighted by Gasteiger charge is -2.07. The maximum atomic E-state index is 13.2. The number of rotatable bonds is 8. The van der Waals surface area contributed by atoms with E-state index in [4.69, 9.17) is 0 Å². The van der Waals surface area contributed by atoms with Crippen LogP contribution in [0, 0.1) is 5.82 Å². The molecule has 0 aliphatic rings. The van der Waals surface area contributed by atoms with E-state index in [1.165, 1.54) is 17.7 Å². The molecule has 1 heterocycles. The molecule has 0 radical (unpaired) electrons. The summed E-state index contributed by atoms with van der Waals surface area (Å²) in [6.45, 7) is 0.787. The lowest BCUT2D eigenvalue weighted by Crippen LogP contribution is -2.16. The number of hydrogen-bond donors (Lipinski definition) is 2. The van der Waals surface area contributed by atoms with Gasteiger partial charge in [-0.1, -0.05) is 42.5 Å². The highest BCUT2D eigenvalue weighted by Gasteiger charge is 2.06. The summed E-state index contributed by atoms with van der Waals surface area (Å²) in [5, 5.41) is 13.9. The Bertz CT molecular complexity index is 869. The van der Waals surface area contributed by atoms with Crippen molar-refractivity contribution >= 4 is 17.5 Å². The first kappa shape index (κ1) is 18.5. The predicted molar refractivity (Wildman–Crippen MR) is 104 cm³/mol. The number of amides is 1. The second-order valence-corrected chi connectivity index (χ2v) is 6.17. The third-order valence-corrected chi connectivity index (χ3v) is 3.98. The number of nitrogens with one attached hydrogen (secondary N) is 2. The highest BCUT2D eigenvalue weighted by molar-refractivity contribution is 5.91. The van der Waals surface area contributed by atoms with Crippen LogP contribution < -0.4 is 10.6 Å². The Morgan fingerprint density at radius 1 is 0.889 bits per heavy atom. The Morgan fingerprint density at radius 2 is 1.63 bits per heavy atom. The molecule has 0 unspecified atom stereocenters. The summed E-state index contributed by atoms with van der Waals surface area (Å²) in [5.74, 6) is 0.402. The van der Waals surface area contributed by atoms with Crippen molar-refractivity contribution in [2.45, 2.75) is 19.3 Å². The number of anilines is 2. The minimum absolute atomic E-state index is 0.0823. The summed E-state index contributed by atoms with van der Waals surface area (Å²) < 4.78 is 13.2. The average molecular weight is 364 g/mol. The van der Waals surface area contributed by atoms with E-state index in [2.05, 4.69) is 33.0 Å². The minimum atomic E-state index is -0.359. The molecule has 0 saturated heterocycles. The standard InChI is InChI=1S/C21H21FN4O/c22-18-10-4-8-17(14-18)15-21(27)24-20-12-11-19(25-26-20)23-13-5-9-16-6-2-1-3-7-16/h1-4,6-8,10-12,14H,5,9,13,15H2,(H,23,25)(H,24,26,27). The molecule has 0 fully saturated rings. The quantitative estimate of drug-likeness (QED) is 0.596. The first-order valence-electron chi connectivity index (χ1n) is 8.85. The molecule has 27 heavy (non-hydrogen) atoms. The van der Waals surface area contributed by atoms with Crippen LogP contribution in [0.4, 0.5) is 16.0 Å². The maximum Gasteiger partial charge on any atom is 0.229 e. The molecule has 0 aliphatic carbocycles. The van der Waals surface area contributed by atoms with Crippen molar-refractivity contribution in [1.82, 2.24) is 10.2 Å². The van der Waals surface area contributed by atoms with Crippen LogP contribution in [0.15, 0.2) is 66.7 Å². The van der Waals surface area contributed by atoms with Crippen LogP contribution >= 0.6 is 0 Å². The molecule has 2 N–H and O–H groups in total. The van der Waals surface area contributed by atoms with Crippen molar-refractivity contribution in [2.75, 3.05) is 17.2 Å². The third-order valence-electron chi connectivity index (χ3n) is 3.98. The molecule has 6 heteroatoms. The van der Waals surface area contributed by atoms with E-state index < -0.39 is 0 Å². The molecule has 138 valence electrons. The summed E-state index contributed by atoms with van der Waals surface area (Å²) in [6.07, 6.45) is 2.06. The number of carbonyl (C=O) groups is 1. The monoisotopic (exact) mass is 364 g/mol. The number of benzene rings is 2. The van der Waals surface area contributed by atoms with Crippen LogP contribution in [0.5, 0.6) is 0 Å². The van der Waals surface area contributed by atoms with Gasteiger partial charge in [0, 0.05) is 6.54 Å². The molecule has 0 spiro atoms. The lowest BCUT2D eigenvalue weighted by molar-refractivity contribution is -0.115. The minimum Gasteiger partial charge on any atom is -0.369 e. The molecule has 1 aromatic heterocycles. The zero-order valence-corrected chi connectivity index (χ0v) is 14.9. The highest BCUT2D eigenvalue weighted by atomic mass is 19.1. The van der Waals surface area contributed by atoms with Gasteiger partial charge in [0.05, 0.1) is 6.42 Å². The van der Waals surface area contributed by atoms with Crippen molar-refractivity contribution in [3.8, 4) is 0 Å². The second-order valence-electron chi connectivity index (χ2n) is 6.17. The molecule has 0 aliphatic heterocycles. The number of halogens is 1. The van der Waals surface area contributed by atoms with Crippen molar-refractivity contribution in [3.63, 3.8) is 0 Å². The molecule has 5 nitrogen and oxygen atoms in total. The molecule has 3 rings (SSSR count). The van der Waals surface area contributed by atoms with Gasteiger partial charge in [0.1, 0.15) is 11.6 Å². The fraction of sp³-hybridized carbons (Fsp3) is 0.190. The van der Waals surface area contributed by atoms with Gasteiger partial charge in [-0.25, -0.2) is 4.39 Å². The Labute approximate surface area is 157 Å². The molecule has 1 amide bonds. The smallest absolute Gasteiger partial charge is 0.229 e. The van der Waals surface area contributed by atoms with Gasteiger partial charge in [-0.2, -0.15) is 0 Å². The molecule has 2 aromatic carbocycles. The number of aryl methyl sites for hydroxylation is 1. The zero-order chi connectivity index (χ0) is 18.9. The molecule has 3 aromatic rings. The normalized spacial score (nSPS) is 10.4. The van der Waals surface area contributed by atoms with E-state index in [9.17, 15) is 9.18 Å². The van der Waals surface area contributed by atoms with E-state index >= 15 is 0 Å². The first-order valence-corrected chi connectivity index (χ1v) is 8.85. The van der Waals surface area contributed by atoms with E-state index in [1.54, 1.807) is 24.3 Å². The van der Waals surface area contributed by atoms with Gasteiger partial charge in [0.15, 0.2) is 5.82 Å². The van der Waals surface area contributed by atoms with Crippen LogP contribution in [0.1, 0.15) is 17.5 Å². The second kappa shape index (κ2) is 9.43. The van der Waals surface area contributed by atoms with Gasteiger partial charge >= 0.3 is 0 Å². The van der Waals surface area contributed by atoms with Gasteiger partial charge in [-0.15, -0.1) is 10.2 Å².